The van der Waals surface area contributed by atoms with Crippen molar-refractivity contribution in [3.63, 3.8) is 0 Å². The summed E-state index contributed by atoms with van der Waals surface area (Å²) < 4.78 is 0.864. The van der Waals surface area contributed by atoms with E-state index in [2.05, 4.69) is 76.1 Å². The van der Waals surface area contributed by atoms with Crippen LogP contribution in [0.1, 0.15) is 36.0 Å². The van der Waals surface area contributed by atoms with Crippen LogP contribution in [-0.4, -0.2) is 4.98 Å². The van der Waals surface area contributed by atoms with Crippen LogP contribution in [-0.2, 0) is 19.3 Å². The van der Waals surface area contributed by atoms with Gasteiger partial charge in [-0.3, -0.25) is 0 Å². The maximum Gasteiger partial charge on any atom is 0.127 e. The molecule has 0 fully saturated rings. The number of rotatable bonds is 7. The van der Waals surface area contributed by atoms with Crippen molar-refractivity contribution in [1.29, 1.82) is 5.26 Å². The minimum Gasteiger partial charge on any atom is -0.383 e. The topological polar surface area (TPSA) is 62.7 Å². The fourth-order valence-corrected chi connectivity index (χ4v) is 3.12. The zero-order valence-corrected chi connectivity index (χ0v) is 17.0. The number of benzene rings is 1. The Bertz CT molecular complexity index is 796. The van der Waals surface area contributed by atoms with Crippen molar-refractivity contribution >= 4 is 28.4 Å². The quantitative estimate of drug-likeness (QED) is 0.447. The summed E-state index contributed by atoms with van der Waals surface area (Å²) >= 11 is 2.20. The number of nitriles is 1. The molecular weight excluding hydrogens is 433 g/mol. The van der Waals surface area contributed by atoms with E-state index in [1.165, 1.54) is 11.1 Å². The van der Waals surface area contributed by atoms with Gasteiger partial charge in [0.1, 0.15) is 9.52 Å². The van der Waals surface area contributed by atoms with E-state index in [0.717, 1.165) is 41.4 Å². The Kier molecular flexibility index (Phi) is 8.91. The lowest BCUT2D eigenvalue weighted by molar-refractivity contribution is 0.752. The number of hydrogen-bond acceptors (Lipinski definition) is 3. The second kappa shape index (κ2) is 11.5. The van der Waals surface area contributed by atoms with E-state index in [9.17, 15) is 0 Å². The zero-order valence-electron chi connectivity index (χ0n) is 14.9. The van der Waals surface area contributed by atoms with Gasteiger partial charge in [-0.05, 0) is 77.5 Å². The highest BCUT2D eigenvalue weighted by Crippen LogP contribution is 2.13. The Morgan fingerprint density at radius 3 is 2.27 bits per heavy atom. The summed E-state index contributed by atoms with van der Waals surface area (Å²) in [6.07, 6.45) is 5.24. The summed E-state index contributed by atoms with van der Waals surface area (Å²) in [5.74, 6) is 0.566. The van der Waals surface area contributed by atoms with Crippen molar-refractivity contribution in [1.82, 2.24) is 4.98 Å². The molecule has 4 heteroatoms. The van der Waals surface area contributed by atoms with E-state index in [-0.39, 0.29) is 0 Å². The number of unbranched alkanes of at least 4 members (excludes halogenated alkanes) is 2. The van der Waals surface area contributed by atoms with Crippen molar-refractivity contribution in [2.24, 2.45) is 0 Å². The molecule has 2 aromatic rings. The number of hydrogen-bond donors (Lipinski definition) is 1. The molecule has 1 aromatic carbocycles. The molecule has 26 heavy (non-hydrogen) atoms. The molecule has 3 nitrogen and oxygen atoms in total. The van der Waals surface area contributed by atoms with Gasteiger partial charge in [0.15, 0.2) is 0 Å². The summed E-state index contributed by atoms with van der Waals surface area (Å²) in [6, 6.07) is 23.1. The predicted octanol–water partition coefficient (Wildman–Crippen LogP) is 5.41. The lowest BCUT2D eigenvalue weighted by Gasteiger charge is -2.04. The summed E-state index contributed by atoms with van der Waals surface area (Å²) in [5, 5.41) is 8.69. The number of nitrogens with zero attached hydrogens (tertiary/aromatic N) is 2. The number of aromatic nitrogens is 1. The molecule has 0 radical (unpaired) electrons. The van der Waals surface area contributed by atoms with Gasteiger partial charge < -0.3 is 5.73 Å². The van der Waals surface area contributed by atoms with Crippen molar-refractivity contribution in [3.8, 4) is 6.07 Å². The largest absolute Gasteiger partial charge is 0.383 e. The summed E-state index contributed by atoms with van der Waals surface area (Å²) in [6.45, 7) is 0. The molecule has 2 N–H and O–H groups in total. The fourth-order valence-electron chi connectivity index (χ4n) is 2.65. The number of nitrogen functional groups attached to an aromatic ring is 1. The summed E-state index contributed by atoms with van der Waals surface area (Å²) in [7, 11) is 0. The summed E-state index contributed by atoms with van der Waals surface area (Å²) in [5.41, 5.74) is 9.84. The highest BCUT2D eigenvalue weighted by atomic mass is 127. The standard InChI is InChI=1S/C22H24IN3/c23-21-12-7-10-19(14-13-18-8-3-1-4-9-18)15-16-20(22(25)26-21)11-5-2-6-17-24/h1,3-4,7-10,12,15-16H,2,5-6,11,13-14H2,(H2,25,26). The molecule has 0 saturated carbocycles. The Morgan fingerprint density at radius 1 is 0.846 bits per heavy atom. The van der Waals surface area contributed by atoms with E-state index < -0.39 is 0 Å². The third-order valence-electron chi connectivity index (χ3n) is 4.13. The number of anilines is 1. The van der Waals surface area contributed by atoms with Crippen molar-refractivity contribution in [2.45, 2.75) is 38.5 Å². The van der Waals surface area contributed by atoms with Crippen LogP contribution < -0.4 is 5.73 Å². The van der Waals surface area contributed by atoms with Gasteiger partial charge in [-0.15, -0.1) is 0 Å². The Morgan fingerprint density at radius 2 is 1.54 bits per heavy atom. The van der Waals surface area contributed by atoms with Gasteiger partial charge in [-0.25, -0.2) is 4.98 Å². The van der Waals surface area contributed by atoms with Crippen LogP contribution in [0, 0.1) is 15.0 Å². The highest BCUT2D eigenvalue weighted by Gasteiger charge is 2.00. The van der Waals surface area contributed by atoms with Crippen LogP contribution in [0.25, 0.3) is 0 Å². The number of aryl methyl sites for hydroxylation is 3. The smallest absolute Gasteiger partial charge is 0.127 e. The zero-order chi connectivity index (χ0) is 18.6. The van der Waals surface area contributed by atoms with E-state index >= 15 is 0 Å². The minimum absolute atomic E-state index is 0.566. The van der Waals surface area contributed by atoms with Crippen LogP contribution in [0.2, 0.25) is 0 Å². The molecule has 2 rings (SSSR count). The Balaban J connectivity index is 2.23. The monoisotopic (exact) mass is 457 g/mol. The van der Waals surface area contributed by atoms with E-state index in [1.54, 1.807) is 0 Å². The molecule has 0 aliphatic carbocycles. The third kappa shape index (κ3) is 7.40. The predicted molar refractivity (Wildman–Crippen MR) is 116 cm³/mol. The molecule has 0 bridgehead atoms. The normalized spacial score (nSPS) is 10.0. The molecular formula is C22H24IN3. The maximum absolute atomic E-state index is 8.69. The molecule has 0 aliphatic rings. The molecule has 0 atom stereocenters. The average molecular weight is 457 g/mol. The van der Waals surface area contributed by atoms with Gasteiger partial charge in [-0.1, -0.05) is 54.6 Å². The first-order chi connectivity index (χ1) is 12.7. The molecule has 134 valence electrons. The van der Waals surface area contributed by atoms with Crippen LogP contribution in [0.15, 0.2) is 60.7 Å². The van der Waals surface area contributed by atoms with Gasteiger partial charge in [0, 0.05) is 6.42 Å². The van der Waals surface area contributed by atoms with Crippen LogP contribution in [0.5, 0.6) is 0 Å². The second-order valence-corrected chi connectivity index (χ2v) is 7.24. The molecule has 0 amide bonds. The van der Waals surface area contributed by atoms with Gasteiger partial charge in [0.2, 0.25) is 0 Å². The van der Waals surface area contributed by atoms with Crippen LogP contribution in [0.4, 0.5) is 5.82 Å². The van der Waals surface area contributed by atoms with Crippen LogP contribution >= 0.6 is 22.6 Å². The van der Waals surface area contributed by atoms with E-state index in [1.807, 2.05) is 18.2 Å². The Labute approximate surface area is 169 Å². The molecule has 0 spiro atoms. The molecule has 1 heterocycles. The van der Waals surface area contributed by atoms with Gasteiger partial charge in [0.25, 0.3) is 0 Å². The molecule has 0 unspecified atom stereocenters. The first kappa shape index (κ1) is 20.2. The van der Waals surface area contributed by atoms with Crippen molar-refractivity contribution < 1.29 is 0 Å². The van der Waals surface area contributed by atoms with Crippen molar-refractivity contribution in [2.75, 3.05) is 5.73 Å². The maximum atomic E-state index is 8.69. The lowest BCUT2D eigenvalue weighted by Crippen LogP contribution is -1.97. The minimum atomic E-state index is 0.566. The molecule has 0 aliphatic heterocycles. The number of halogens is 1. The van der Waals surface area contributed by atoms with Crippen molar-refractivity contribution in [3.05, 3.63) is 81.1 Å². The second-order valence-electron chi connectivity index (χ2n) is 6.13. The van der Waals surface area contributed by atoms with E-state index in [0.29, 0.717) is 12.2 Å². The van der Waals surface area contributed by atoms with Gasteiger partial charge >= 0.3 is 0 Å². The number of nitrogens with two attached hydrogens (primary N) is 1. The third-order valence-corrected chi connectivity index (χ3v) is 4.73. The molecule has 0 saturated heterocycles. The SMILES string of the molecule is N#CCCCCc1ccc(CCc2ccccc2)cccc(I)nc1N. The average Bonchev–Trinajstić information content (AvgIpc) is 2.65. The highest BCUT2D eigenvalue weighted by molar-refractivity contribution is 14.1. The van der Waals surface area contributed by atoms with Gasteiger partial charge in [-0.2, -0.15) is 5.26 Å². The lowest BCUT2D eigenvalue weighted by atomic mass is 10.0. The first-order valence-corrected chi connectivity index (χ1v) is 9.96. The fraction of sp³-hybridized carbons (Fsp3) is 0.273. The molecule has 1 aromatic heterocycles. The van der Waals surface area contributed by atoms with Crippen LogP contribution in [0.3, 0.4) is 0 Å². The Hall–Kier alpha value is -2.13. The van der Waals surface area contributed by atoms with E-state index in [4.69, 9.17) is 11.0 Å². The summed E-state index contributed by atoms with van der Waals surface area (Å²) in [4.78, 5) is 4.47. The van der Waals surface area contributed by atoms with Gasteiger partial charge in [0.05, 0.1) is 6.07 Å². The first-order valence-electron chi connectivity index (χ1n) is 8.88.